The average Bonchev–Trinajstić information content (AvgIpc) is 2.81. The second kappa shape index (κ2) is 6.09. The van der Waals surface area contributed by atoms with E-state index in [4.69, 9.17) is 5.11 Å². The third-order valence-electron chi connectivity index (χ3n) is 2.83. The number of carboxylic acid groups (broad SMARTS) is 1. The maximum Gasteiger partial charge on any atom is 0.313 e. The van der Waals surface area contributed by atoms with Crippen molar-refractivity contribution in [3.05, 3.63) is 35.9 Å². The number of imidazole rings is 1. The Morgan fingerprint density at radius 3 is 2.65 bits per heavy atom. The lowest BCUT2D eigenvalue weighted by Crippen LogP contribution is -2.06. The Bertz CT molecular complexity index is 605. The number of nitrogens with zero attached hydrogens (tertiary/aromatic N) is 3. The second-order valence-corrected chi connectivity index (χ2v) is 5.74. The molecule has 0 spiro atoms. The Hall–Kier alpha value is -1.82. The quantitative estimate of drug-likeness (QED) is 0.858. The van der Waals surface area contributed by atoms with Crippen LogP contribution in [0.5, 0.6) is 0 Å². The molecular formula is C14H17N3O2S. The van der Waals surface area contributed by atoms with Gasteiger partial charge in [-0.05, 0) is 25.0 Å². The van der Waals surface area contributed by atoms with Crippen LogP contribution in [-0.4, -0.2) is 31.4 Å². The average molecular weight is 291 g/mol. The molecule has 0 aliphatic carbocycles. The van der Waals surface area contributed by atoms with Crippen molar-refractivity contribution in [3.8, 4) is 5.69 Å². The van der Waals surface area contributed by atoms with Crippen molar-refractivity contribution in [2.24, 2.45) is 0 Å². The highest BCUT2D eigenvalue weighted by Crippen LogP contribution is 2.27. The largest absolute Gasteiger partial charge is 0.481 e. The van der Waals surface area contributed by atoms with Crippen molar-refractivity contribution in [1.82, 2.24) is 14.5 Å². The first kappa shape index (κ1) is 14.6. The Balaban J connectivity index is 2.43. The molecule has 0 bridgehead atoms. The Morgan fingerprint density at radius 1 is 1.35 bits per heavy atom. The molecule has 5 nitrogen and oxygen atoms in total. The SMILES string of the molecule is Cc1ccc(-n2c(C(C)C)cnc2SCC(=O)O)cn1. The maximum atomic E-state index is 10.7. The Kier molecular flexibility index (Phi) is 4.44. The summed E-state index contributed by atoms with van der Waals surface area (Å²) in [6, 6.07) is 3.91. The lowest BCUT2D eigenvalue weighted by atomic mass is 10.1. The van der Waals surface area contributed by atoms with E-state index >= 15 is 0 Å². The first-order valence-corrected chi connectivity index (χ1v) is 7.33. The highest BCUT2D eigenvalue weighted by molar-refractivity contribution is 7.99. The van der Waals surface area contributed by atoms with E-state index in [0.717, 1.165) is 17.1 Å². The van der Waals surface area contributed by atoms with E-state index in [1.807, 2.05) is 23.6 Å². The van der Waals surface area contributed by atoms with E-state index in [2.05, 4.69) is 23.8 Å². The highest BCUT2D eigenvalue weighted by atomic mass is 32.2. The fraction of sp³-hybridized carbons (Fsp3) is 0.357. The van der Waals surface area contributed by atoms with Gasteiger partial charge in [0.1, 0.15) is 0 Å². The number of aromatic nitrogens is 3. The van der Waals surface area contributed by atoms with E-state index in [1.54, 1.807) is 12.4 Å². The molecule has 2 aromatic heterocycles. The topological polar surface area (TPSA) is 68.0 Å². The third kappa shape index (κ3) is 3.19. The summed E-state index contributed by atoms with van der Waals surface area (Å²) < 4.78 is 1.98. The number of pyridine rings is 1. The predicted molar refractivity (Wildman–Crippen MR) is 78.5 cm³/mol. The maximum absolute atomic E-state index is 10.7. The van der Waals surface area contributed by atoms with Gasteiger partial charge in [0.05, 0.1) is 23.8 Å². The fourth-order valence-corrected chi connectivity index (χ4v) is 2.55. The van der Waals surface area contributed by atoms with E-state index in [-0.39, 0.29) is 5.75 Å². The number of thioether (sulfide) groups is 1. The lowest BCUT2D eigenvalue weighted by molar-refractivity contribution is -0.133. The van der Waals surface area contributed by atoms with Crippen molar-refractivity contribution >= 4 is 17.7 Å². The normalized spacial score (nSPS) is 11.0. The van der Waals surface area contributed by atoms with Crippen LogP contribution in [0, 0.1) is 6.92 Å². The molecule has 1 N–H and O–H groups in total. The van der Waals surface area contributed by atoms with E-state index in [0.29, 0.717) is 11.1 Å². The molecular weight excluding hydrogens is 274 g/mol. The molecule has 0 saturated carbocycles. The van der Waals surface area contributed by atoms with Crippen LogP contribution >= 0.6 is 11.8 Å². The summed E-state index contributed by atoms with van der Waals surface area (Å²) in [7, 11) is 0. The van der Waals surface area contributed by atoms with Crippen molar-refractivity contribution in [2.75, 3.05) is 5.75 Å². The van der Waals surface area contributed by atoms with Gasteiger partial charge in [-0.2, -0.15) is 0 Å². The Labute approximate surface area is 122 Å². The lowest BCUT2D eigenvalue weighted by Gasteiger charge is -2.13. The molecule has 106 valence electrons. The monoisotopic (exact) mass is 291 g/mol. The zero-order valence-electron chi connectivity index (χ0n) is 11.7. The van der Waals surface area contributed by atoms with Gasteiger partial charge in [0.15, 0.2) is 5.16 Å². The van der Waals surface area contributed by atoms with Crippen LogP contribution in [0.1, 0.15) is 31.2 Å². The molecule has 0 aliphatic heterocycles. The van der Waals surface area contributed by atoms with Crippen LogP contribution in [0.25, 0.3) is 5.69 Å². The minimum atomic E-state index is -0.849. The van der Waals surface area contributed by atoms with Gasteiger partial charge in [-0.3, -0.25) is 14.3 Å². The molecule has 0 atom stereocenters. The number of rotatable bonds is 5. The van der Waals surface area contributed by atoms with E-state index in [9.17, 15) is 4.79 Å². The van der Waals surface area contributed by atoms with Gasteiger partial charge in [-0.1, -0.05) is 25.6 Å². The molecule has 0 aliphatic rings. The Morgan fingerprint density at radius 2 is 2.10 bits per heavy atom. The third-order valence-corrected chi connectivity index (χ3v) is 3.76. The van der Waals surface area contributed by atoms with Crippen LogP contribution in [0.2, 0.25) is 0 Å². The van der Waals surface area contributed by atoms with Crippen LogP contribution < -0.4 is 0 Å². The summed E-state index contributed by atoms with van der Waals surface area (Å²) in [5.74, 6) is -0.561. The standard InChI is InChI=1S/C14H17N3O2S/c1-9(2)12-7-16-14(20-8-13(18)19)17(12)11-5-4-10(3)15-6-11/h4-7,9H,8H2,1-3H3,(H,18,19). The van der Waals surface area contributed by atoms with Crippen molar-refractivity contribution in [2.45, 2.75) is 31.8 Å². The van der Waals surface area contributed by atoms with Gasteiger partial charge in [0.2, 0.25) is 0 Å². The van der Waals surface area contributed by atoms with Gasteiger partial charge < -0.3 is 5.11 Å². The number of hydrogen-bond acceptors (Lipinski definition) is 4. The zero-order chi connectivity index (χ0) is 14.7. The zero-order valence-corrected chi connectivity index (χ0v) is 12.5. The van der Waals surface area contributed by atoms with E-state index in [1.165, 1.54) is 11.8 Å². The smallest absolute Gasteiger partial charge is 0.313 e. The summed E-state index contributed by atoms with van der Waals surface area (Å²) in [5, 5.41) is 9.50. The highest BCUT2D eigenvalue weighted by Gasteiger charge is 2.16. The number of hydrogen-bond donors (Lipinski definition) is 1. The minimum absolute atomic E-state index is 0.00611. The molecule has 0 aromatic carbocycles. The van der Waals surface area contributed by atoms with Crippen molar-refractivity contribution in [1.29, 1.82) is 0 Å². The fourth-order valence-electron chi connectivity index (χ4n) is 1.83. The molecule has 6 heteroatoms. The second-order valence-electron chi connectivity index (χ2n) is 4.80. The molecule has 0 radical (unpaired) electrons. The predicted octanol–water partition coefficient (Wildman–Crippen LogP) is 2.88. The molecule has 2 rings (SSSR count). The van der Waals surface area contributed by atoms with Crippen molar-refractivity contribution in [3.63, 3.8) is 0 Å². The molecule has 2 aromatic rings. The van der Waals surface area contributed by atoms with Crippen LogP contribution in [0.3, 0.4) is 0 Å². The molecule has 0 unspecified atom stereocenters. The number of aliphatic carboxylic acids is 1. The van der Waals surface area contributed by atoms with Crippen LogP contribution in [0.15, 0.2) is 29.7 Å². The van der Waals surface area contributed by atoms with Crippen LogP contribution in [0.4, 0.5) is 0 Å². The summed E-state index contributed by atoms with van der Waals surface area (Å²) in [6.07, 6.45) is 3.59. The van der Waals surface area contributed by atoms with Crippen molar-refractivity contribution < 1.29 is 9.90 Å². The van der Waals surface area contributed by atoms with Crippen LogP contribution in [-0.2, 0) is 4.79 Å². The summed E-state index contributed by atoms with van der Waals surface area (Å²) >= 11 is 1.22. The first-order valence-electron chi connectivity index (χ1n) is 6.34. The van der Waals surface area contributed by atoms with Gasteiger partial charge in [-0.25, -0.2) is 4.98 Å². The number of carboxylic acids is 1. The summed E-state index contributed by atoms with van der Waals surface area (Å²) in [4.78, 5) is 19.4. The van der Waals surface area contributed by atoms with Gasteiger partial charge in [0.25, 0.3) is 0 Å². The van der Waals surface area contributed by atoms with E-state index < -0.39 is 5.97 Å². The molecule has 0 amide bonds. The first-order chi connectivity index (χ1) is 9.49. The molecule has 0 fully saturated rings. The summed E-state index contributed by atoms with van der Waals surface area (Å²) in [5.41, 5.74) is 2.90. The minimum Gasteiger partial charge on any atom is -0.481 e. The summed E-state index contributed by atoms with van der Waals surface area (Å²) in [6.45, 7) is 6.10. The van der Waals surface area contributed by atoms with Gasteiger partial charge in [0, 0.05) is 11.4 Å². The molecule has 0 saturated heterocycles. The number of carbonyl (C=O) groups is 1. The molecule has 20 heavy (non-hydrogen) atoms. The van der Waals surface area contributed by atoms with Gasteiger partial charge in [-0.15, -0.1) is 0 Å². The van der Waals surface area contributed by atoms with Gasteiger partial charge >= 0.3 is 5.97 Å². The molecule has 2 heterocycles. The number of aryl methyl sites for hydroxylation is 1.